The van der Waals surface area contributed by atoms with Gasteiger partial charge in [-0.3, -0.25) is 14.4 Å². The summed E-state index contributed by atoms with van der Waals surface area (Å²) in [6.07, 6.45) is 4.70. The maximum atomic E-state index is 12.4. The van der Waals surface area contributed by atoms with E-state index >= 15 is 0 Å². The minimum atomic E-state index is -1.03. The summed E-state index contributed by atoms with van der Waals surface area (Å²) >= 11 is 0. The molecule has 4 N–H and O–H groups in total. The fourth-order valence-electron chi connectivity index (χ4n) is 3.48. The van der Waals surface area contributed by atoms with E-state index in [1.165, 1.54) is 0 Å². The summed E-state index contributed by atoms with van der Waals surface area (Å²) in [4.78, 5) is 43.9. The molecule has 3 rings (SSSR count). The van der Waals surface area contributed by atoms with E-state index in [0.29, 0.717) is 24.5 Å². The Balaban J connectivity index is 0.00000456. The summed E-state index contributed by atoms with van der Waals surface area (Å²) in [5.74, 6) is -1.17. The molecule has 3 aromatic rings. The molecule has 0 aliphatic heterocycles. The quantitative estimate of drug-likeness (QED) is 0.210. The second-order valence-corrected chi connectivity index (χ2v) is 7.94. The molecule has 0 saturated carbocycles. The van der Waals surface area contributed by atoms with Gasteiger partial charge in [0.05, 0.1) is 19.0 Å². The fourth-order valence-corrected chi connectivity index (χ4v) is 3.48. The Morgan fingerprint density at radius 2 is 1.50 bits per heavy atom. The van der Waals surface area contributed by atoms with E-state index in [2.05, 4.69) is 25.9 Å². The molecule has 2 amide bonds. The molecule has 0 fully saturated rings. The normalized spacial score (nSPS) is 11.0. The molecule has 0 saturated heterocycles. The van der Waals surface area contributed by atoms with Gasteiger partial charge in [-0.05, 0) is 35.6 Å². The number of amides is 2. The van der Waals surface area contributed by atoms with E-state index in [4.69, 9.17) is 0 Å². The van der Waals surface area contributed by atoms with Crippen molar-refractivity contribution in [1.82, 2.24) is 20.6 Å². The summed E-state index contributed by atoms with van der Waals surface area (Å²) in [6.45, 7) is 0.421. The second kappa shape index (κ2) is 15.7. The first kappa shape index (κ1) is 29.0. The van der Waals surface area contributed by atoms with Crippen molar-refractivity contribution in [3.8, 4) is 11.1 Å². The summed E-state index contributed by atoms with van der Waals surface area (Å²) in [5, 5.41) is 17.7. The molecule has 2 aromatic carbocycles. The van der Waals surface area contributed by atoms with Crippen LogP contribution in [0.5, 0.6) is 0 Å². The molecule has 0 radical (unpaired) electrons. The third-order valence-corrected chi connectivity index (χ3v) is 5.26. The van der Waals surface area contributed by atoms with Gasteiger partial charge in [0.1, 0.15) is 0 Å². The summed E-state index contributed by atoms with van der Waals surface area (Å²) < 4.78 is 0. The first-order valence-electron chi connectivity index (χ1n) is 11.5. The number of rotatable bonds is 13. The minimum absolute atomic E-state index is 0. The molecule has 0 spiro atoms. The number of carbonyl (C=O) groups excluding carboxylic acids is 2. The molecule has 36 heavy (non-hydrogen) atoms. The van der Waals surface area contributed by atoms with Crippen LogP contribution in [0.25, 0.3) is 11.1 Å². The number of nitrogens with one attached hydrogen (secondary N) is 3. The van der Waals surface area contributed by atoms with Crippen LogP contribution < -0.4 is 16.0 Å². The van der Waals surface area contributed by atoms with Gasteiger partial charge in [-0.25, -0.2) is 9.97 Å². The Morgan fingerprint density at radius 1 is 0.833 bits per heavy atom. The van der Waals surface area contributed by atoms with Crippen LogP contribution in [-0.4, -0.2) is 75.5 Å². The topological polar surface area (TPSA) is 133 Å². The zero-order valence-electron chi connectivity index (χ0n) is 19.3. The Hall–Kier alpha value is -3.27. The van der Waals surface area contributed by atoms with Crippen LogP contribution in [0.2, 0.25) is 0 Å². The Bertz CT molecular complexity index is 1100. The van der Waals surface area contributed by atoms with Gasteiger partial charge in [-0.2, -0.15) is 0 Å². The van der Waals surface area contributed by atoms with Crippen molar-refractivity contribution < 1.29 is 19.5 Å². The molecule has 1 atom stereocenters. The van der Waals surface area contributed by atoms with Gasteiger partial charge in [-0.15, -0.1) is 0 Å². The third-order valence-electron chi connectivity index (χ3n) is 5.26. The first-order valence-corrected chi connectivity index (χ1v) is 11.5. The van der Waals surface area contributed by atoms with Gasteiger partial charge in [0.25, 0.3) is 0 Å². The van der Waals surface area contributed by atoms with Crippen LogP contribution in [0, 0.1) is 0 Å². The van der Waals surface area contributed by atoms with E-state index in [9.17, 15) is 19.5 Å². The molecule has 0 bridgehead atoms. The van der Waals surface area contributed by atoms with Crippen molar-refractivity contribution in [3.05, 3.63) is 78.6 Å². The molecule has 1 heterocycles. The number of carboxylic acids is 1. The van der Waals surface area contributed by atoms with Crippen LogP contribution in [-0.2, 0) is 14.4 Å². The zero-order chi connectivity index (χ0) is 24.9. The van der Waals surface area contributed by atoms with Crippen molar-refractivity contribution in [2.45, 2.75) is 31.7 Å². The van der Waals surface area contributed by atoms with Crippen LogP contribution in [0.3, 0.4) is 0 Å². The monoisotopic (exact) mass is 499 g/mol. The van der Waals surface area contributed by atoms with Gasteiger partial charge in [0, 0.05) is 25.4 Å². The number of hydrogen-bond acceptors (Lipinski definition) is 6. The second-order valence-electron chi connectivity index (χ2n) is 7.94. The third kappa shape index (κ3) is 10.2. The van der Waals surface area contributed by atoms with Crippen molar-refractivity contribution in [3.63, 3.8) is 0 Å². The van der Waals surface area contributed by atoms with Gasteiger partial charge < -0.3 is 21.1 Å². The standard InChI is InChI=1S/C26H29N5O4.Na.H/c32-23(9-4-5-14-27-26-28-15-6-16-29-26)30-18-24(33)31-22(17-25(34)35)21-12-10-20(11-13-21)19-7-2-1-3-8-19;;/h1-3,6-8,10-13,15-16,22H,4-5,9,14,17-18H2,(H,30,32)(H,31,33)(H,34,35)(H,27,28,29);;. The van der Waals surface area contributed by atoms with Gasteiger partial charge in [0.15, 0.2) is 0 Å². The van der Waals surface area contributed by atoms with Gasteiger partial charge in [-0.1, -0.05) is 54.6 Å². The predicted octanol–water partition coefficient (Wildman–Crippen LogP) is 2.53. The van der Waals surface area contributed by atoms with Crippen LogP contribution in [0.1, 0.15) is 37.3 Å². The molecule has 9 nitrogen and oxygen atoms in total. The number of hydrogen-bond donors (Lipinski definition) is 4. The molecule has 10 heteroatoms. The predicted molar refractivity (Wildman–Crippen MR) is 140 cm³/mol. The molecular formula is C26H30N5NaO4. The number of aliphatic carboxylic acids is 1. The molecule has 184 valence electrons. The van der Waals surface area contributed by atoms with E-state index in [1.54, 1.807) is 18.5 Å². The molecule has 1 unspecified atom stereocenters. The number of carbonyl (C=O) groups is 3. The average Bonchev–Trinajstić information content (AvgIpc) is 2.88. The fraction of sp³-hybridized carbons (Fsp3) is 0.269. The SMILES string of the molecule is O=C(O)CC(NC(=O)CNC(=O)CCCCNc1ncccn1)c1ccc(-c2ccccc2)cc1.[NaH]. The summed E-state index contributed by atoms with van der Waals surface area (Å²) in [7, 11) is 0. The summed E-state index contributed by atoms with van der Waals surface area (Å²) in [6, 6.07) is 18.2. The number of anilines is 1. The van der Waals surface area contributed by atoms with E-state index < -0.39 is 17.9 Å². The zero-order valence-corrected chi connectivity index (χ0v) is 19.3. The van der Waals surface area contributed by atoms with E-state index in [-0.39, 0.29) is 54.9 Å². The number of benzene rings is 2. The van der Waals surface area contributed by atoms with Crippen LogP contribution in [0.4, 0.5) is 5.95 Å². The number of carboxylic acid groups (broad SMARTS) is 1. The molecule has 0 aliphatic carbocycles. The first-order chi connectivity index (χ1) is 17.0. The van der Waals surface area contributed by atoms with Crippen molar-refractivity contribution in [2.75, 3.05) is 18.4 Å². The number of unbranched alkanes of at least 4 members (excludes halogenated alkanes) is 1. The van der Waals surface area contributed by atoms with Crippen molar-refractivity contribution in [2.24, 2.45) is 0 Å². The molecular weight excluding hydrogens is 469 g/mol. The van der Waals surface area contributed by atoms with Crippen LogP contribution in [0.15, 0.2) is 73.1 Å². The Kier molecular flexibility index (Phi) is 12.6. The Labute approximate surface area is 232 Å². The Morgan fingerprint density at radius 3 is 2.17 bits per heavy atom. The van der Waals surface area contributed by atoms with Gasteiger partial charge in [0.2, 0.25) is 17.8 Å². The molecule has 0 aliphatic rings. The van der Waals surface area contributed by atoms with E-state index in [1.807, 2.05) is 54.6 Å². The summed E-state index contributed by atoms with van der Waals surface area (Å²) in [5.41, 5.74) is 2.72. The van der Waals surface area contributed by atoms with Crippen molar-refractivity contribution in [1.29, 1.82) is 0 Å². The van der Waals surface area contributed by atoms with Crippen molar-refractivity contribution >= 4 is 53.3 Å². The maximum absolute atomic E-state index is 12.4. The van der Waals surface area contributed by atoms with Crippen LogP contribution >= 0.6 is 0 Å². The molecule has 1 aromatic heterocycles. The average molecular weight is 500 g/mol. The number of aromatic nitrogens is 2. The number of nitrogens with zero attached hydrogens (tertiary/aromatic N) is 2. The van der Waals surface area contributed by atoms with Gasteiger partial charge >= 0.3 is 35.5 Å². The van der Waals surface area contributed by atoms with E-state index in [0.717, 1.165) is 17.5 Å².